The number of anilines is 1. The first kappa shape index (κ1) is 14.0. The zero-order valence-corrected chi connectivity index (χ0v) is 12.3. The Kier molecular flexibility index (Phi) is 4.41. The van der Waals surface area contributed by atoms with Gasteiger partial charge >= 0.3 is 0 Å². The van der Waals surface area contributed by atoms with Crippen LogP contribution in [0.15, 0.2) is 18.2 Å². The van der Waals surface area contributed by atoms with Crippen LogP contribution in [0.3, 0.4) is 0 Å². The average Bonchev–Trinajstić information content (AvgIpc) is 2.35. The molecule has 1 fully saturated rings. The minimum Gasteiger partial charge on any atom is -0.381 e. The molecule has 1 aromatic rings. The van der Waals surface area contributed by atoms with Crippen molar-refractivity contribution < 1.29 is 4.74 Å². The van der Waals surface area contributed by atoms with Crippen molar-refractivity contribution in [2.24, 2.45) is 0 Å². The molecule has 1 saturated heterocycles. The van der Waals surface area contributed by atoms with Crippen LogP contribution >= 0.6 is 23.2 Å². The van der Waals surface area contributed by atoms with Crippen molar-refractivity contribution in [3.8, 4) is 0 Å². The highest BCUT2D eigenvalue weighted by Gasteiger charge is 2.31. The Labute approximate surface area is 119 Å². The summed E-state index contributed by atoms with van der Waals surface area (Å²) in [5, 5.41) is 4.67. The Morgan fingerprint density at radius 2 is 2.22 bits per heavy atom. The van der Waals surface area contributed by atoms with Crippen LogP contribution in [0.25, 0.3) is 0 Å². The highest BCUT2D eigenvalue weighted by molar-refractivity contribution is 6.43. The molecule has 0 aliphatic carbocycles. The molecule has 2 atom stereocenters. The molecule has 1 heterocycles. The third-order valence-electron chi connectivity index (χ3n) is 3.65. The molecule has 2 unspecified atom stereocenters. The van der Waals surface area contributed by atoms with Gasteiger partial charge < -0.3 is 10.1 Å². The first-order valence-electron chi connectivity index (χ1n) is 6.38. The Bertz CT molecular complexity index is 424. The number of benzene rings is 1. The minimum absolute atomic E-state index is 0.0268. The maximum Gasteiger partial charge on any atom is 0.0823 e. The van der Waals surface area contributed by atoms with Gasteiger partial charge in [-0.1, -0.05) is 36.2 Å². The van der Waals surface area contributed by atoms with Crippen molar-refractivity contribution in [3.05, 3.63) is 28.2 Å². The smallest absolute Gasteiger partial charge is 0.0823 e. The molecule has 0 radical (unpaired) electrons. The number of halogens is 2. The Morgan fingerprint density at radius 1 is 1.44 bits per heavy atom. The van der Waals surface area contributed by atoms with Crippen LogP contribution in [0.5, 0.6) is 0 Å². The fourth-order valence-corrected chi connectivity index (χ4v) is 2.69. The van der Waals surface area contributed by atoms with Crippen molar-refractivity contribution in [1.29, 1.82) is 0 Å². The molecule has 0 aromatic heterocycles. The largest absolute Gasteiger partial charge is 0.381 e. The van der Waals surface area contributed by atoms with E-state index in [2.05, 4.69) is 19.2 Å². The summed E-state index contributed by atoms with van der Waals surface area (Å²) in [6.07, 6.45) is 3.01. The molecule has 1 aromatic carbocycles. The van der Waals surface area contributed by atoms with Gasteiger partial charge in [-0.15, -0.1) is 0 Å². The minimum atomic E-state index is -0.0268. The van der Waals surface area contributed by atoms with Gasteiger partial charge in [-0.3, -0.25) is 0 Å². The first-order valence-corrected chi connectivity index (χ1v) is 7.14. The van der Waals surface area contributed by atoms with Crippen LogP contribution in [0.4, 0.5) is 5.69 Å². The summed E-state index contributed by atoms with van der Waals surface area (Å²) in [5.41, 5.74) is 0.885. The molecule has 100 valence electrons. The van der Waals surface area contributed by atoms with Gasteiger partial charge in [0.05, 0.1) is 21.3 Å². The molecular weight excluding hydrogens is 269 g/mol. The van der Waals surface area contributed by atoms with Crippen molar-refractivity contribution in [3.63, 3.8) is 0 Å². The van der Waals surface area contributed by atoms with E-state index in [4.69, 9.17) is 27.9 Å². The van der Waals surface area contributed by atoms with Crippen LogP contribution < -0.4 is 5.32 Å². The first-order chi connectivity index (χ1) is 8.54. The number of hydrogen-bond acceptors (Lipinski definition) is 2. The molecule has 0 bridgehead atoms. The fourth-order valence-electron chi connectivity index (χ4n) is 2.33. The molecule has 4 heteroatoms. The van der Waals surface area contributed by atoms with Crippen LogP contribution in [-0.2, 0) is 4.74 Å². The number of ether oxygens (including phenoxy) is 1. The summed E-state index contributed by atoms with van der Waals surface area (Å²) in [6, 6.07) is 6.07. The monoisotopic (exact) mass is 287 g/mol. The van der Waals surface area contributed by atoms with Gasteiger partial charge in [0.15, 0.2) is 0 Å². The van der Waals surface area contributed by atoms with E-state index in [1.54, 1.807) is 6.07 Å². The number of hydrogen-bond donors (Lipinski definition) is 1. The quantitative estimate of drug-likeness (QED) is 0.866. The van der Waals surface area contributed by atoms with Crippen LogP contribution in [0.2, 0.25) is 10.0 Å². The van der Waals surface area contributed by atoms with E-state index >= 15 is 0 Å². The lowest BCUT2D eigenvalue weighted by Gasteiger charge is -2.38. The second-order valence-electron chi connectivity index (χ2n) is 5.09. The molecule has 0 saturated carbocycles. The predicted molar refractivity (Wildman–Crippen MR) is 77.8 cm³/mol. The third kappa shape index (κ3) is 3.11. The standard InChI is InChI=1S/C14H19Cl2NO/c1-3-14(2)9-10(7-8-18-14)17-12-6-4-5-11(15)13(12)16/h4-6,10,17H,3,7-9H2,1-2H3. The van der Waals surface area contributed by atoms with Gasteiger partial charge in [0.25, 0.3) is 0 Å². The summed E-state index contributed by atoms with van der Waals surface area (Å²) in [7, 11) is 0. The molecule has 1 aliphatic heterocycles. The zero-order chi connectivity index (χ0) is 13.2. The number of nitrogens with one attached hydrogen (secondary N) is 1. The van der Waals surface area contributed by atoms with E-state index in [-0.39, 0.29) is 5.60 Å². The van der Waals surface area contributed by atoms with E-state index in [0.29, 0.717) is 16.1 Å². The Morgan fingerprint density at radius 3 is 2.94 bits per heavy atom. The lowest BCUT2D eigenvalue weighted by molar-refractivity contribution is -0.0708. The molecule has 0 amide bonds. The molecule has 0 spiro atoms. The summed E-state index contributed by atoms with van der Waals surface area (Å²) >= 11 is 12.2. The lowest BCUT2D eigenvalue weighted by atomic mass is 9.90. The summed E-state index contributed by atoms with van der Waals surface area (Å²) in [5.74, 6) is 0. The van der Waals surface area contributed by atoms with Crippen molar-refractivity contribution in [1.82, 2.24) is 0 Å². The molecule has 18 heavy (non-hydrogen) atoms. The highest BCUT2D eigenvalue weighted by Crippen LogP contribution is 2.33. The van der Waals surface area contributed by atoms with Gasteiger partial charge in [0.2, 0.25) is 0 Å². The Balaban J connectivity index is 2.07. The molecule has 2 rings (SSSR count). The molecule has 1 N–H and O–H groups in total. The third-order valence-corrected chi connectivity index (χ3v) is 4.47. The molecule has 2 nitrogen and oxygen atoms in total. The van der Waals surface area contributed by atoms with Crippen molar-refractivity contribution in [2.75, 3.05) is 11.9 Å². The van der Waals surface area contributed by atoms with Gasteiger partial charge in [-0.2, -0.15) is 0 Å². The molecule has 1 aliphatic rings. The van der Waals surface area contributed by atoms with Crippen LogP contribution in [-0.4, -0.2) is 18.2 Å². The second-order valence-corrected chi connectivity index (χ2v) is 5.87. The SMILES string of the molecule is CCC1(C)CC(Nc2cccc(Cl)c2Cl)CCO1. The normalized spacial score (nSPS) is 28.1. The van der Waals surface area contributed by atoms with Crippen molar-refractivity contribution in [2.45, 2.75) is 44.8 Å². The highest BCUT2D eigenvalue weighted by atomic mass is 35.5. The maximum atomic E-state index is 6.19. The van der Waals surface area contributed by atoms with Crippen molar-refractivity contribution >= 4 is 28.9 Å². The fraction of sp³-hybridized carbons (Fsp3) is 0.571. The van der Waals surface area contributed by atoms with E-state index < -0.39 is 0 Å². The van der Waals surface area contributed by atoms with Crippen LogP contribution in [0.1, 0.15) is 33.1 Å². The van der Waals surface area contributed by atoms with E-state index in [1.165, 1.54) is 0 Å². The van der Waals surface area contributed by atoms with E-state index in [1.807, 2.05) is 12.1 Å². The topological polar surface area (TPSA) is 21.3 Å². The van der Waals surface area contributed by atoms with Gasteiger partial charge in [-0.05, 0) is 38.3 Å². The zero-order valence-electron chi connectivity index (χ0n) is 10.8. The molecular formula is C14H19Cl2NO. The summed E-state index contributed by atoms with van der Waals surface area (Å²) < 4.78 is 5.84. The van der Waals surface area contributed by atoms with Crippen LogP contribution in [0, 0.1) is 0 Å². The van der Waals surface area contributed by atoms with Gasteiger partial charge in [-0.25, -0.2) is 0 Å². The number of rotatable bonds is 3. The lowest BCUT2D eigenvalue weighted by Crippen LogP contribution is -2.41. The second kappa shape index (κ2) is 5.68. The van der Waals surface area contributed by atoms with Gasteiger partial charge in [0, 0.05) is 12.6 Å². The van der Waals surface area contributed by atoms with E-state index in [9.17, 15) is 0 Å². The van der Waals surface area contributed by atoms with E-state index in [0.717, 1.165) is 31.6 Å². The summed E-state index contributed by atoms with van der Waals surface area (Å²) in [4.78, 5) is 0. The maximum absolute atomic E-state index is 6.19. The average molecular weight is 288 g/mol. The predicted octanol–water partition coefficient (Wildman–Crippen LogP) is 4.75. The summed E-state index contributed by atoms with van der Waals surface area (Å²) in [6.45, 7) is 5.12. The Hall–Kier alpha value is -0.440. The van der Waals surface area contributed by atoms with Gasteiger partial charge in [0.1, 0.15) is 0 Å².